The van der Waals surface area contributed by atoms with E-state index in [1.165, 1.54) is 0 Å². The molecule has 2 aromatic rings. The number of rotatable bonds is 4. The summed E-state index contributed by atoms with van der Waals surface area (Å²) in [5.41, 5.74) is 1.81. The monoisotopic (exact) mass is 336 g/mol. The molecule has 5 heteroatoms. The van der Waals surface area contributed by atoms with Crippen molar-refractivity contribution in [2.24, 2.45) is 4.99 Å². The highest BCUT2D eigenvalue weighted by Crippen LogP contribution is 2.31. The highest BCUT2D eigenvalue weighted by Gasteiger charge is 2.32. The average Bonchev–Trinajstić information content (AvgIpc) is 2.85. The van der Waals surface area contributed by atoms with E-state index in [9.17, 15) is 15.2 Å². The summed E-state index contributed by atoms with van der Waals surface area (Å²) in [5, 5.41) is 20.3. The molecule has 118 valence electrons. The molecule has 0 aromatic heterocycles. The Hall–Kier alpha value is -2.90. The predicted octanol–water partition coefficient (Wildman–Crippen LogP) is 4.01. The molecule has 24 heavy (non-hydrogen) atoms. The van der Waals surface area contributed by atoms with E-state index < -0.39 is 0 Å². The summed E-state index contributed by atoms with van der Waals surface area (Å²) in [6.45, 7) is 0.338. The van der Waals surface area contributed by atoms with Crippen molar-refractivity contribution in [3.63, 3.8) is 0 Å². The first-order valence-corrected chi connectivity index (χ1v) is 7.76. The minimum Gasteiger partial charge on any atom is -0.506 e. The SMILES string of the molecule is N#CC(=NCCc1ccc(Cl)cc1)C1=C(O)c2ccccc2C1=O. The molecule has 0 amide bonds. The highest BCUT2D eigenvalue weighted by molar-refractivity contribution is 6.39. The molecule has 0 saturated carbocycles. The number of aliphatic imine (C=N–C) groups is 1. The second-order valence-corrected chi connectivity index (χ2v) is 5.75. The lowest BCUT2D eigenvalue weighted by Gasteiger charge is -2.01. The number of ketones is 1. The van der Waals surface area contributed by atoms with Crippen molar-refractivity contribution in [1.29, 1.82) is 5.26 Å². The Balaban J connectivity index is 1.82. The third kappa shape index (κ3) is 2.94. The minimum absolute atomic E-state index is 0.0187. The highest BCUT2D eigenvalue weighted by atomic mass is 35.5. The van der Waals surface area contributed by atoms with Crippen LogP contribution in [0.15, 0.2) is 59.1 Å². The second-order valence-electron chi connectivity index (χ2n) is 5.32. The largest absolute Gasteiger partial charge is 0.506 e. The summed E-state index contributed by atoms with van der Waals surface area (Å²) in [6.07, 6.45) is 0.609. The lowest BCUT2D eigenvalue weighted by molar-refractivity contribution is 0.104. The first kappa shape index (κ1) is 16.0. The molecule has 0 spiro atoms. The first-order valence-electron chi connectivity index (χ1n) is 7.38. The molecular formula is C19H13ClN2O2. The number of allylic oxidation sites excluding steroid dienone is 1. The second kappa shape index (κ2) is 6.69. The number of benzene rings is 2. The van der Waals surface area contributed by atoms with E-state index in [4.69, 9.17) is 11.6 Å². The quantitative estimate of drug-likeness (QED) is 0.857. The van der Waals surface area contributed by atoms with E-state index in [1.807, 2.05) is 18.2 Å². The van der Waals surface area contributed by atoms with Gasteiger partial charge in [0.1, 0.15) is 23.1 Å². The number of carbonyl (C=O) groups excluding carboxylic acids is 1. The Morgan fingerprint density at radius 3 is 2.42 bits per heavy atom. The summed E-state index contributed by atoms with van der Waals surface area (Å²) in [7, 11) is 0. The summed E-state index contributed by atoms with van der Waals surface area (Å²) < 4.78 is 0. The number of fused-ring (bicyclic) bond motifs is 1. The van der Waals surface area contributed by atoms with E-state index in [2.05, 4.69) is 4.99 Å². The Morgan fingerprint density at radius 2 is 1.79 bits per heavy atom. The van der Waals surface area contributed by atoms with Crippen molar-refractivity contribution in [3.8, 4) is 6.07 Å². The molecule has 1 N–H and O–H groups in total. The maximum atomic E-state index is 12.4. The van der Waals surface area contributed by atoms with Crippen molar-refractivity contribution >= 4 is 28.9 Å². The van der Waals surface area contributed by atoms with E-state index in [-0.39, 0.29) is 22.8 Å². The lowest BCUT2D eigenvalue weighted by atomic mass is 10.1. The Labute approximate surface area is 144 Å². The van der Waals surface area contributed by atoms with Crippen LogP contribution in [0.4, 0.5) is 0 Å². The average molecular weight is 337 g/mol. The molecule has 0 unspecified atom stereocenters. The van der Waals surface area contributed by atoms with Gasteiger partial charge in [-0.25, -0.2) is 0 Å². The van der Waals surface area contributed by atoms with Crippen LogP contribution in [0.2, 0.25) is 5.02 Å². The third-order valence-electron chi connectivity index (χ3n) is 3.82. The van der Waals surface area contributed by atoms with Gasteiger partial charge in [0.15, 0.2) is 5.78 Å². The molecule has 0 bridgehead atoms. The topological polar surface area (TPSA) is 73.4 Å². The molecule has 0 aliphatic heterocycles. The summed E-state index contributed by atoms with van der Waals surface area (Å²) >= 11 is 5.84. The van der Waals surface area contributed by atoms with Gasteiger partial charge >= 0.3 is 0 Å². The van der Waals surface area contributed by atoms with Crippen LogP contribution in [0, 0.1) is 11.3 Å². The van der Waals surface area contributed by atoms with Gasteiger partial charge < -0.3 is 5.11 Å². The lowest BCUT2D eigenvalue weighted by Crippen LogP contribution is -2.10. The standard InChI is InChI=1S/C19H13ClN2O2/c20-13-7-5-12(6-8-13)9-10-22-16(11-21)17-18(23)14-3-1-2-4-15(14)19(17)24/h1-8,23H,9-10H2. The smallest absolute Gasteiger partial charge is 0.200 e. The van der Waals surface area contributed by atoms with Gasteiger partial charge in [0, 0.05) is 22.7 Å². The fourth-order valence-electron chi connectivity index (χ4n) is 2.60. The van der Waals surface area contributed by atoms with Crippen molar-refractivity contribution in [1.82, 2.24) is 0 Å². The van der Waals surface area contributed by atoms with Gasteiger partial charge in [0.2, 0.25) is 0 Å². The molecule has 0 fully saturated rings. The maximum Gasteiger partial charge on any atom is 0.200 e. The maximum absolute atomic E-state index is 12.4. The normalized spacial score (nSPS) is 13.8. The van der Waals surface area contributed by atoms with E-state index in [0.29, 0.717) is 29.1 Å². The Morgan fingerprint density at radius 1 is 1.12 bits per heavy atom. The van der Waals surface area contributed by atoms with E-state index in [1.54, 1.807) is 36.4 Å². The van der Waals surface area contributed by atoms with Crippen LogP contribution in [0.3, 0.4) is 0 Å². The van der Waals surface area contributed by atoms with Crippen LogP contribution in [0.25, 0.3) is 5.76 Å². The molecule has 0 atom stereocenters. The minimum atomic E-state index is -0.366. The van der Waals surface area contributed by atoms with Crippen LogP contribution in [0.1, 0.15) is 21.5 Å². The van der Waals surface area contributed by atoms with Gasteiger partial charge in [-0.15, -0.1) is 0 Å². The van der Waals surface area contributed by atoms with Gasteiger partial charge in [0.05, 0.1) is 0 Å². The van der Waals surface area contributed by atoms with Crippen molar-refractivity contribution in [2.75, 3.05) is 6.54 Å². The van der Waals surface area contributed by atoms with Crippen LogP contribution in [-0.4, -0.2) is 23.1 Å². The number of nitrogens with zero attached hydrogens (tertiary/aromatic N) is 2. The molecule has 1 aliphatic rings. The van der Waals surface area contributed by atoms with Crippen molar-refractivity contribution < 1.29 is 9.90 Å². The number of nitriles is 1. The zero-order valence-corrected chi connectivity index (χ0v) is 13.4. The molecule has 0 saturated heterocycles. The van der Waals surface area contributed by atoms with Gasteiger partial charge in [0.25, 0.3) is 0 Å². The van der Waals surface area contributed by atoms with Gasteiger partial charge in [-0.2, -0.15) is 5.26 Å². The zero-order valence-electron chi connectivity index (χ0n) is 12.7. The number of carbonyl (C=O) groups is 1. The van der Waals surface area contributed by atoms with Gasteiger partial charge in [-0.1, -0.05) is 48.0 Å². The fourth-order valence-corrected chi connectivity index (χ4v) is 2.73. The molecule has 0 heterocycles. The van der Waals surface area contributed by atoms with Crippen LogP contribution in [0.5, 0.6) is 0 Å². The predicted molar refractivity (Wildman–Crippen MR) is 93.4 cm³/mol. The number of hydrogen-bond donors (Lipinski definition) is 1. The third-order valence-corrected chi connectivity index (χ3v) is 4.07. The molecule has 4 nitrogen and oxygen atoms in total. The van der Waals surface area contributed by atoms with Gasteiger partial charge in [-0.3, -0.25) is 9.79 Å². The van der Waals surface area contributed by atoms with E-state index >= 15 is 0 Å². The van der Waals surface area contributed by atoms with Crippen LogP contribution < -0.4 is 0 Å². The summed E-state index contributed by atoms with van der Waals surface area (Å²) in [4.78, 5) is 16.6. The van der Waals surface area contributed by atoms with Crippen LogP contribution >= 0.6 is 11.6 Å². The fraction of sp³-hybridized carbons (Fsp3) is 0.105. The number of Topliss-reactive ketones (excluding diaryl/α,β-unsaturated/α-hetero) is 1. The molecule has 1 aliphatic carbocycles. The molecule has 2 aromatic carbocycles. The zero-order chi connectivity index (χ0) is 17.1. The van der Waals surface area contributed by atoms with E-state index in [0.717, 1.165) is 5.56 Å². The van der Waals surface area contributed by atoms with Gasteiger partial charge in [-0.05, 0) is 24.1 Å². The summed E-state index contributed by atoms with van der Waals surface area (Å²) in [6, 6.07) is 16.0. The summed E-state index contributed by atoms with van der Waals surface area (Å²) in [5.74, 6) is -0.544. The first-order chi connectivity index (χ1) is 11.6. The number of hydrogen-bond acceptors (Lipinski definition) is 4. The Bertz CT molecular complexity index is 906. The number of aliphatic hydroxyl groups excluding tert-OH is 1. The molecule has 0 radical (unpaired) electrons. The molecular weight excluding hydrogens is 324 g/mol. The van der Waals surface area contributed by atoms with Crippen LogP contribution in [-0.2, 0) is 6.42 Å². The molecule has 3 rings (SSSR count). The Kier molecular flexibility index (Phi) is 4.45. The number of aliphatic hydroxyl groups is 1. The number of halogens is 1. The van der Waals surface area contributed by atoms with Crippen molar-refractivity contribution in [3.05, 3.63) is 75.8 Å². The van der Waals surface area contributed by atoms with Crippen molar-refractivity contribution in [2.45, 2.75) is 6.42 Å².